The van der Waals surface area contributed by atoms with Crippen molar-refractivity contribution in [3.63, 3.8) is 0 Å². The summed E-state index contributed by atoms with van der Waals surface area (Å²) in [6.45, 7) is 2.32. The molecule has 1 aliphatic rings. The Labute approximate surface area is 152 Å². The second kappa shape index (κ2) is 7.72. The van der Waals surface area contributed by atoms with E-state index in [2.05, 4.69) is 0 Å². The normalized spacial score (nSPS) is 16.5. The highest BCUT2D eigenvalue weighted by molar-refractivity contribution is 7.89. The van der Waals surface area contributed by atoms with Crippen molar-refractivity contribution >= 4 is 33.5 Å². The fourth-order valence-electron chi connectivity index (χ4n) is 2.54. The summed E-state index contributed by atoms with van der Waals surface area (Å²) in [6.07, 6.45) is 0.614. The maximum Gasteiger partial charge on any atom is 0.338 e. The maximum atomic E-state index is 12.7. The number of carbonyl (C=O) groups is 2. The topological polar surface area (TPSA) is 84.0 Å². The standard InChI is InChI=1S/C16H21ClN2O5S/c1-11(15(20)18(2)3)24-16(21)12-6-7-13(17)14(10-12)25(22,23)19-8-4-5-9-19/h6-7,10-11H,4-5,8-9H2,1-3H3/t11-/m0/s1. The van der Waals surface area contributed by atoms with Crippen molar-refractivity contribution in [3.05, 3.63) is 28.8 Å². The molecule has 0 aliphatic carbocycles. The molecule has 2 rings (SSSR count). The Morgan fingerprint density at radius 1 is 1.24 bits per heavy atom. The highest BCUT2D eigenvalue weighted by Crippen LogP contribution is 2.28. The number of carbonyl (C=O) groups excluding carboxylic acids is 2. The van der Waals surface area contributed by atoms with Crippen molar-refractivity contribution in [2.75, 3.05) is 27.2 Å². The molecule has 138 valence electrons. The summed E-state index contributed by atoms with van der Waals surface area (Å²) < 4.78 is 31.8. The Bertz CT molecular complexity index is 773. The Morgan fingerprint density at radius 2 is 1.84 bits per heavy atom. The Morgan fingerprint density at radius 3 is 2.40 bits per heavy atom. The molecule has 0 N–H and O–H groups in total. The van der Waals surface area contributed by atoms with E-state index in [1.54, 1.807) is 14.1 Å². The van der Waals surface area contributed by atoms with Gasteiger partial charge in [-0.05, 0) is 38.0 Å². The molecule has 1 heterocycles. The van der Waals surface area contributed by atoms with Gasteiger partial charge >= 0.3 is 5.97 Å². The van der Waals surface area contributed by atoms with E-state index in [0.717, 1.165) is 12.8 Å². The number of ether oxygens (including phenoxy) is 1. The van der Waals surface area contributed by atoms with E-state index in [4.69, 9.17) is 16.3 Å². The fourth-order valence-corrected chi connectivity index (χ4v) is 4.56. The Balaban J connectivity index is 2.26. The predicted octanol–water partition coefficient (Wildman–Crippen LogP) is 1.76. The number of nitrogens with zero attached hydrogens (tertiary/aromatic N) is 2. The van der Waals surface area contributed by atoms with Crippen molar-refractivity contribution in [2.24, 2.45) is 0 Å². The van der Waals surface area contributed by atoms with Crippen LogP contribution >= 0.6 is 11.6 Å². The summed E-state index contributed by atoms with van der Waals surface area (Å²) in [5.74, 6) is -1.15. The molecule has 1 aliphatic heterocycles. The van der Waals surface area contributed by atoms with Crippen LogP contribution in [0.5, 0.6) is 0 Å². The second-order valence-corrected chi connectivity index (χ2v) is 8.35. The summed E-state index contributed by atoms with van der Waals surface area (Å²) in [7, 11) is -0.663. The summed E-state index contributed by atoms with van der Waals surface area (Å²) in [6, 6.07) is 3.92. The number of hydrogen-bond acceptors (Lipinski definition) is 5. The molecular weight excluding hydrogens is 368 g/mol. The summed E-state index contributed by atoms with van der Waals surface area (Å²) in [4.78, 5) is 25.2. The van der Waals surface area contributed by atoms with E-state index in [1.807, 2.05) is 0 Å². The van der Waals surface area contributed by atoms with E-state index >= 15 is 0 Å². The highest BCUT2D eigenvalue weighted by atomic mass is 35.5. The lowest BCUT2D eigenvalue weighted by molar-refractivity contribution is -0.137. The van der Waals surface area contributed by atoms with Crippen LogP contribution in [-0.4, -0.2) is 62.8 Å². The molecule has 1 amide bonds. The number of hydrogen-bond donors (Lipinski definition) is 0. The van der Waals surface area contributed by atoms with Gasteiger partial charge in [-0.25, -0.2) is 13.2 Å². The molecule has 0 spiro atoms. The lowest BCUT2D eigenvalue weighted by Crippen LogP contribution is -2.35. The van der Waals surface area contributed by atoms with Gasteiger partial charge in [0.05, 0.1) is 10.6 Å². The van der Waals surface area contributed by atoms with Gasteiger partial charge in [-0.15, -0.1) is 0 Å². The van der Waals surface area contributed by atoms with E-state index < -0.39 is 22.1 Å². The van der Waals surface area contributed by atoms with Gasteiger partial charge in [0.1, 0.15) is 4.90 Å². The van der Waals surface area contributed by atoms with Crippen LogP contribution in [-0.2, 0) is 19.6 Å². The van der Waals surface area contributed by atoms with Gasteiger partial charge in [-0.1, -0.05) is 11.6 Å². The van der Waals surface area contributed by atoms with Gasteiger partial charge < -0.3 is 9.64 Å². The number of esters is 1. The SMILES string of the molecule is C[C@H](OC(=O)c1ccc(Cl)c(S(=O)(=O)N2CCCC2)c1)C(=O)N(C)C. The number of halogens is 1. The monoisotopic (exact) mass is 388 g/mol. The fraction of sp³-hybridized carbons (Fsp3) is 0.500. The van der Waals surface area contributed by atoms with E-state index in [1.165, 1.54) is 34.3 Å². The number of benzene rings is 1. The van der Waals surface area contributed by atoms with Crippen LogP contribution in [0.25, 0.3) is 0 Å². The van der Waals surface area contributed by atoms with Crippen LogP contribution in [0.15, 0.2) is 23.1 Å². The third-order valence-electron chi connectivity index (χ3n) is 3.92. The predicted molar refractivity (Wildman–Crippen MR) is 93.0 cm³/mol. The first-order valence-corrected chi connectivity index (χ1v) is 9.68. The number of amides is 1. The van der Waals surface area contributed by atoms with Gasteiger partial charge in [0.25, 0.3) is 5.91 Å². The molecule has 1 atom stereocenters. The average Bonchev–Trinajstić information content (AvgIpc) is 3.09. The van der Waals surface area contributed by atoms with Crippen molar-refractivity contribution in [1.29, 1.82) is 0 Å². The molecule has 0 radical (unpaired) electrons. The molecule has 0 bridgehead atoms. The molecule has 1 saturated heterocycles. The van der Waals surface area contributed by atoms with Crippen LogP contribution in [0.4, 0.5) is 0 Å². The number of sulfonamides is 1. The summed E-state index contributed by atoms with van der Waals surface area (Å²) in [5, 5.41) is 0.0425. The highest BCUT2D eigenvalue weighted by Gasteiger charge is 2.30. The van der Waals surface area contributed by atoms with Gasteiger partial charge in [0, 0.05) is 27.2 Å². The van der Waals surface area contributed by atoms with E-state index in [-0.39, 0.29) is 21.4 Å². The van der Waals surface area contributed by atoms with Gasteiger partial charge in [0.15, 0.2) is 6.10 Å². The quantitative estimate of drug-likeness (QED) is 0.717. The number of rotatable bonds is 5. The molecule has 1 fully saturated rings. The van der Waals surface area contributed by atoms with Crippen LogP contribution < -0.4 is 0 Å². The summed E-state index contributed by atoms with van der Waals surface area (Å²) in [5.41, 5.74) is 0.0283. The minimum atomic E-state index is -3.77. The molecule has 1 aromatic carbocycles. The zero-order valence-corrected chi connectivity index (χ0v) is 15.9. The molecular formula is C16H21ClN2O5S. The zero-order chi connectivity index (χ0) is 18.8. The van der Waals surface area contributed by atoms with Gasteiger partial charge in [-0.2, -0.15) is 4.31 Å². The minimum absolute atomic E-state index is 0.0283. The lowest BCUT2D eigenvalue weighted by atomic mass is 10.2. The first-order chi connectivity index (χ1) is 11.6. The maximum absolute atomic E-state index is 12.7. The van der Waals surface area contributed by atoms with Crippen LogP contribution in [0.2, 0.25) is 5.02 Å². The Hall–Kier alpha value is -1.64. The molecule has 7 nitrogen and oxygen atoms in total. The van der Waals surface area contributed by atoms with E-state index in [9.17, 15) is 18.0 Å². The van der Waals surface area contributed by atoms with Crippen molar-refractivity contribution in [1.82, 2.24) is 9.21 Å². The third-order valence-corrected chi connectivity index (χ3v) is 6.30. The Kier molecular flexibility index (Phi) is 6.08. The zero-order valence-electron chi connectivity index (χ0n) is 14.4. The van der Waals surface area contributed by atoms with Crippen molar-refractivity contribution < 1.29 is 22.7 Å². The van der Waals surface area contributed by atoms with E-state index in [0.29, 0.717) is 13.1 Å². The van der Waals surface area contributed by atoms with Crippen molar-refractivity contribution in [3.8, 4) is 0 Å². The molecule has 1 aromatic rings. The largest absolute Gasteiger partial charge is 0.449 e. The van der Waals surface area contributed by atoms with Crippen LogP contribution in [0, 0.1) is 0 Å². The van der Waals surface area contributed by atoms with Crippen molar-refractivity contribution in [2.45, 2.75) is 30.8 Å². The lowest BCUT2D eigenvalue weighted by Gasteiger charge is -2.18. The molecule has 9 heteroatoms. The number of likely N-dealkylation sites (N-methyl/N-ethyl adjacent to an activating group) is 1. The molecule has 0 unspecified atom stereocenters. The average molecular weight is 389 g/mol. The third kappa shape index (κ3) is 4.31. The second-order valence-electron chi connectivity index (χ2n) is 6.04. The van der Waals surface area contributed by atoms with Crippen LogP contribution in [0.3, 0.4) is 0 Å². The van der Waals surface area contributed by atoms with Gasteiger partial charge in [0.2, 0.25) is 10.0 Å². The summed E-state index contributed by atoms with van der Waals surface area (Å²) >= 11 is 6.04. The molecule has 0 aromatic heterocycles. The minimum Gasteiger partial charge on any atom is -0.449 e. The molecule has 0 saturated carbocycles. The first-order valence-electron chi connectivity index (χ1n) is 7.86. The first kappa shape index (κ1) is 19.7. The van der Waals surface area contributed by atoms with Gasteiger partial charge in [-0.3, -0.25) is 4.79 Å². The molecule has 25 heavy (non-hydrogen) atoms. The smallest absolute Gasteiger partial charge is 0.338 e. The van der Waals surface area contributed by atoms with Crippen LogP contribution in [0.1, 0.15) is 30.1 Å².